The molecule has 0 aliphatic carbocycles. The first kappa shape index (κ1) is 16.2. The molecule has 0 amide bonds. The van der Waals surface area contributed by atoms with Gasteiger partial charge < -0.3 is 14.7 Å². The van der Waals surface area contributed by atoms with E-state index in [0.29, 0.717) is 0 Å². The molecule has 4 nitrogen and oxygen atoms in total. The fourth-order valence-corrected chi connectivity index (χ4v) is 0. The van der Waals surface area contributed by atoms with Crippen LogP contribution in [0.4, 0.5) is 0 Å². The molecule has 0 aliphatic rings. The minimum Gasteiger partial charge on any atom is 0 e. The first-order valence-electron chi connectivity index (χ1n) is 0.783. The Balaban J connectivity index is -0.0000000800. The van der Waals surface area contributed by atoms with Crippen LogP contribution >= 0.6 is 7.82 Å². The SMILES string of the molecule is O=P(O)(O)O.[SrH2].[Zr]. The second-order valence-electron chi connectivity index (χ2n) is 0.513. The maximum absolute atomic E-state index is 8.88. The largest absolute Gasteiger partial charge is 0 e. The van der Waals surface area contributed by atoms with Gasteiger partial charge in [0.1, 0.15) is 0 Å². The van der Waals surface area contributed by atoms with Crippen molar-refractivity contribution in [3.63, 3.8) is 0 Å². The van der Waals surface area contributed by atoms with Gasteiger partial charge in [-0.3, -0.25) is 0 Å². The molecule has 0 bridgehead atoms. The van der Waals surface area contributed by atoms with E-state index in [1.807, 2.05) is 0 Å². The molecular weight excluding hydrogens is 274 g/mol. The molecule has 7 heteroatoms. The Kier molecular flexibility index (Phi) is 15.3. The molecule has 0 aromatic heterocycles. The van der Waals surface area contributed by atoms with Crippen molar-refractivity contribution in [2.45, 2.75) is 0 Å². The summed E-state index contributed by atoms with van der Waals surface area (Å²) in [5.41, 5.74) is 0. The summed E-state index contributed by atoms with van der Waals surface area (Å²) in [5, 5.41) is 0. The number of hydrogen-bond acceptors (Lipinski definition) is 1. The van der Waals surface area contributed by atoms with E-state index in [1.165, 1.54) is 0 Å². The quantitative estimate of drug-likeness (QED) is 0.359. The summed E-state index contributed by atoms with van der Waals surface area (Å²) in [6.07, 6.45) is 0. The summed E-state index contributed by atoms with van der Waals surface area (Å²) in [5.74, 6) is 0. The van der Waals surface area contributed by atoms with Gasteiger partial charge in [0.25, 0.3) is 0 Å². The molecule has 0 fully saturated rings. The van der Waals surface area contributed by atoms with E-state index in [2.05, 4.69) is 0 Å². The van der Waals surface area contributed by atoms with Gasteiger partial charge >= 0.3 is 53.3 Å². The van der Waals surface area contributed by atoms with Crippen molar-refractivity contribution < 1.29 is 45.4 Å². The Morgan fingerprint density at radius 1 is 1.14 bits per heavy atom. The van der Waals surface area contributed by atoms with Gasteiger partial charge in [0, 0.05) is 26.2 Å². The zero-order valence-corrected chi connectivity index (χ0v) is 6.05. The molecule has 3 N–H and O–H groups in total. The average Bonchev–Trinajstić information content (AvgIpc) is 0.722. The third kappa shape index (κ3) is 58.0. The van der Waals surface area contributed by atoms with E-state index in [0.717, 1.165) is 0 Å². The molecule has 0 rings (SSSR count). The van der Waals surface area contributed by atoms with Crippen LogP contribution in [0.5, 0.6) is 0 Å². The van der Waals surface area contributed by atoms with E-state index in [9.17, 15) is 0 Å². The molecule has 0 saturated carbocycles. The fraction of sp³-hybridized carbons (Fsp3) is 0. The molecule has 0 radical (unpaired) electrons. The minimum atomic E-state index is -4.64. The molecular formula is H5O4PSrZr. The van der Waals surface area contributed by atoms with Gasteiger partial charge in [-0.05, 0) is 0 Å². The standard InChI is InChI=1S/H3O4P.Sr.Zr.2H/c1-5(2,3)4;;;;/h(H3,1,2,3,4);;;;. The molecule has 0 aromatic rings. The Bertz CT molecular complexity index is 57.8. The van der Waals surface area contributed by atoms with Crippen molar-refractivity contribution in [3.8, 4) is 0 Å². The number of hydrogen-bond donors (Lipinski definition) is 3. The maximum Gasteiger partial charge on any atom is 0 e. The van der Waals surface area contributed by atoms with Crippen molar-refractivity contribution in [1.82, 2.24) is 0 Å². The smallest absolute Gasteiger partial charge is 0 e. The van der Waals surface area contributed by atoms with Gasteiger partial charge in [-0.1, -0.05) is 0 Å². The average molecular weight is 279 g/mol. The third-order valence-electron chi connectivity index (χ3n) is 0. The summed E-state index contributed by atoms with van der Waals surface area (Å²) >= 11 is 0. The summed E-state index contributed by atoms with van der Waals surface area (Å²) in [6.45, 7) is 0. The first-order valence-corrected chi connectivity index (χ1v) is 2.35. The molecule has 0 atom stereocenters. The van der Waals surface area contributed by atoms with Gasteiger partial charge in [-0.2, -0.15) is 0 Å². The Morgan fingerprint density at radius 3 is 1.14 bits per heavy atom. The van der Waals surface area contributed by atoms with Crippen molar-refractivity contribution in [2.24, 2.45) is 0 Å². The van der Waals surface area contributed by atoms with Crippen molar-refractivity contribution in [1.29, 1.82) is 0 Å². The monoisotopic (exact) mass is 278 g/mol. The van der Waals surface area contributed by atoms with Crippen LogP contribution in [-0.2, 0) is 30.8 Å². The van der Waals surface area contributed by atoms with Crippen LogP contribution < -0.4 is 0 Å². The van der Waals surface area contributed by atoms with Gasteiger partial charge in [0.2, 0.25) is 0 Å². The number of phosphoric acid groups is 1. The minimum absolute atomic E-state index is 0. The van der Waals surface area contributed by atoms with E-state index in [1.54, 1.807) is 0 Å². The van der Waals surface area contributed by atoms with Crippen molar-refractivity contribution in [3.05, 3.63) is 0 Å². The van der Waals surface area contributed by atoms with Crippen LogP contribution in [0.15, 0.2) is 0 Å². The maximum atomic E-state index is 8.88. The molecule has 0 spiro atoms. The summed E-state index contributed by atoms with van der Waals surface area (Å²) in [4.78, 5) is 21.6. The predicted molar refractivity (Wildman–Crippen MR) is 22.8 cm³/mol. The fourth-order valence-electron chi connectivity index (χ4n) is 0. The van der Waals surface area contributed by atoms with E-state index >= 15 is 0 Å². The van der Waals surface area contributed by atoms with Gasteiger partial charge in [0.05, 0.1) is 0 Å². The predicted octanol–water partition coefficient (Wildman–Crippen LogP) is -1.85. The second kappa shape index (κ2) is 6.59. The van der Waals surface area contributed by atoms with Crippen molar-refractivity contribution in [2.75, 3.05) is 0 Å². The molecule has 0 heterocycles. The van der Waals surface area contributed by atoms with Crippen LogP contribution in [0, 0.1) is 0 Å². The zero-order valence-electron chi connectivity index (χ0n) is 2.70. The van der Waals surface area contributed by atoms with E-state index in [-0.39, 0.29) is 71.7 Å². The zero-order chi connectivity index (χ0) is 4.50. The third-order valence-corrected chi connectivity index (χ3v) is 0. The van der Waals surface area contributed by atoms with E-state index < -0.39 is 7.82 Å². The Morgan fingerprint density at radius 2 is 1.14 bits per heavy atom. The molecule has 0 unspecified atom stereocenters. The van der Waals surface area contributed by atoms with Gasteiger partial charge in [0.15, 0.2) is 0 Å². The summed E-state index contributed by atoms with van der Waals surface area (Å²) in [6, 6.07) is 0. The van der Waals surface area contributed by atoms with Gasteiger partial charge in [-0.15, -0.1) is 0 Å². The van der Waals surface area contributed by atoms with E-state index in [4.69, 9.17) is 19.2 Å². The normalized spacial score (nSPS) is 8.43. The molecule has 0 aromatic carbocycles. The summed E-state index contributed by atoms with van der Waals surface area (Å²) in [7, 11) is -4.64. The van der Waals surface area contributed by atoms with Crippen LogP contribution in [0.2, 0.25) is 0 Å². The number of rotatable bonds is 0. The second-order valence-corrected chi connectivity index (χ2v) is 1.54. The summed E-state index contributed by atoms with van der Waals surface area (Å²) < 4.78 is 8.88. The van der Waals surface area contributed by atoms with Crippen LogP contribution in [-0.4, -0.2) is 60.2 Å². The topological polar surface area (TPSA) is 77.8 Å². The molecule has 0 saturated heterocycles. The van der Waals surface area contributed by atoms with Crippen molar-refractivity contribution >= 4 is 53.3 Å². The molecule has 40 valence electrons. The Labute approximate surface area is 96.9 Å². The van der Waals surface area contributed by atoms with Gasteiger partial charge in [-0.25, -0.2) is 4.57 Å². The van der Waals surface area contributed by atoms with Crippen LogP contribution in [0.3, 0.4) is 0 Å². The van der Waals surface area contributed by atoms with Crippen LogP contribution in [0.25, 0.3) is 0 Å². The van der Waals surface area contributed by atoms with Crippen LogP contribution in [0.1, 0.15) is 0 Å². The molecule has 7 heavy (non-hydrogen) atoms. The Hall–Kier alpha value is 2.47. The molecule has 0 aliphatic heterocycles. The first-order chi connectivity index (χ1) is 2.00.